The fraction of sp³-hybridized carbons (Fsp3) is 0.333. The van der Waals surface area contributed by atoms with Gasteiger partial charge in [-0.2, -0.15) is 4.37 Å². The highest BCUT2D eigenvalue weighted by Crippen LogP contribution is 2.33. The summed E-state index contributed by atoms with van der Waals surface area (Å²) < 4.78 is 15.3. The molecular weight excluding hydrogens is 250 g/mol. The van der Waals surface area contributed by atoms with Crippen molar-refractivity contribution in [1.82, 2.24) is 9.36 Å². The van der Waals surface area contributed by atoms with Crippen LogP contribution in [-0.4, -0.2) is 22.6 Å². The number of rotatable bonds is 3. The average Bonchev–Trinajstić information content (AvgIpc) is 2.82. The molecule has 1 aliphatic heterocycles. The largest absolute Gasteiger partial charge is 0.486 e. The van der Waals surface area contributed by atoms with Crippen LogP contribution in [0.25, 0.3) is 0 Å². The zero-order valence-electron chi connectivity index (χ0n) is 9.97. The molecule has 1 N–H and O–H groups in total. The van der Waals surface area contributed by atoms with Gasteiger partial charge in [0, 0.05) is 23.6 Å². The first-order chi connectivity index (χ1) is 8.83. The van der Waals surface area contributed by atoms with Gasteiger partial charge in [0.1, 0.15) is 19.0 Å². The summed E-state index contributed by atoms with van der Waals surface area (Å²) in [4.78, 5) is 4.26. The molecule has 0 fully saturated rings. The number of hydrogen-bond donors (Lipinski definition) is 1. The van der Waals surface area contributed by atoms with E-state index in [1.54, 1.807) is 0 Å². The fourth-order valence-electron chi connectivity index (χ4n) is 1.81. The topological polar surface area (TPSA) is 56.3 Å². The number of ether oxygens (including phenoxy) is 2. The minimum atomic E-state index is 0.599. The molecule has 1 aromatic carbocycles. The third kappa shape index (κ3) is 2.24. The molecule has 0 aliphatic carbocycles. The molecule has 0 bridgehead atoms. The summed E-state index contributed by atoms with van der Waals surface area (Å²) >= 11 is 1.36. The van der Waals surface area contributed by atoms with E-state index in [9.17, 15) is 0 Å². The summed E-state index contributed by atoms with van der Waals surface area (Å²) in [6, 6.07) is 5.91. The van der Waals surface area contributed by atoms with Gasteiger partial charge in [-0.25, -0.2) is 4.98 Å². The molecule has 18 heavy (non-hydrogen) atoms. The predicted octanol–water partition coefficient (Wildman–Crippen LogP) is 2.23. The number of nitrogens with zero attached hydrogens (tertiary/aromatic N) is 2. The first-order valence-electron chi connectivity index (χ1n) is 5.74. The molecule has 94 valence electrons. The average molecular weight is 263 g/mol. The molecule has 5 nitrogen and oxygen atoms in total. The molecule has 0 saturated carbocycles. The molecule has 0 radical (unpaired) electrons. The number of aromatic nitrogens is 2. The summed E-state index contributed by atoms with van der Waals surface area (Å²) in [5, 5.41) is 4.06. The first kappa shape index (κ1) is 11.3. The molecule has 0 unspecified atom stereocenters. The third-order valence-electron chi connectivity index (χ3n) is 2.61. The van der Waals surface area contributed by atoms with Crippen LogP contribution in [0.15, 0.2) is 18.2 Å². The van der Waals surface area contributed by atoms with Crippen molar-refractivity contribution in [3.05, 3.63) is 29.6 Å². The lowest BCUT2D eigenvalue weighted by Gasteiger charge is -2.20. The van der Waals surface area contributed by atoms with E-state index in [2.05, 4.69) is 14.7 Å². The van der Waals surface area contributed by atoms with Crippen molar-refractivity contribution in [1.29, 1.82) is 0 Å². The van der Waals surface area contributed by atoms with Gasteiger partial charge in [-0.3, -0.25) is 0 Å². The van der Waals surface area contributed by atoms with E-state index in [0.29, 0.717) is 19.8 Å². The molecule has 6 heteroatoms. The van der Waals surface area contributed by atoms with Crippen molar-refractivity contribution in [2.45, 2.75) is 13.5 Å². The number of hydrogen-bond acceptors (Lipinski definition) is 6. The summed E-state index contributed by atoms with van der Waals surface area (Å²) in [7, 11) is 0. The Morgan fingerprint density at radius 1 is 1.33 bits per heavy atom. The van der Waals surface area contributed by atoms with Crippen molar-refractivity contribution < 1.29 is 9.47 Å². The molecular formula is C12H13N3O2S. The highest BCUT2D eigenvalue weighted by atomic mass is 32.1. The maximum Gasteiger partial charge on any atom is 0.202 e. The maximum atomic E-state index is 5.65. The van der Waals surface area contributed by atoms with Crippen LogP contribution in [0.1, 0.15) is 11.4 Å². The quantitative estimate of drug-likeness (QED) is 0.920. The summed E-state index contributed by atoms with van der Waals surface area (Å²) in [6.45, 7) is 3.74. The number of fused-ring (bicyclic) bond motifs is 1. The number of aryl methyl sites for hydroxylation is 1. The van der Waals surface area contributed by atoms with Crippen molar-refractivity contribution in [2.75, 3.05) is 18.5 Å². The molecule has 3 rings (SSSR count). The van der Waals surface area contributed by atoms with Crippen LogP contribution in [0.4, 0.5) is 5.13 Å². The highest BCUT2D eigenvalue weighted by Gasteiger charge is 2.15. The molecule has 2 aromatic rings. The molecule has 1 aliphatic rings. The van der Waals surface area contributed by atoms with Crippen molar-refractivity contribution in [3.8, 4) is 11.5 Å². The van der Waals surface area contributed by atoms with Crippen molar-refractivity contribution >= 4 is 16.7 Å². The van der Waals surface area contributed by atoms with Gasteiger partial charge in [0.25, 0.3) is 0 Å². The second kappa shape index (κ2) is 4.81. The van der Waals surface area contributed by atoms with Gasteiger partial charge < -0.3 is 14.8 Å². The van der Waals surface area contributed by atoms with Gasteiger partial charge in [-0.15, -0.1) is 0 Å². The van der Waals surface area contributed by atoms with Crippen LogP contribution >= 0.6 is 11.5 Å². The highest BCUT2D eigenvalue weighted by molar-refractivity contribution is 7.09. The Kier molecular flexibility index (Phi) is 3.02. The molecule has 2 heterocycles. The van der Waals surface area contributed by atoms with E-state index in [4.69, 9.17) is 9.47 Å². The standard InChI is InChI=1S/C12H13N3O2S/c1-8-14-12(18-15-8)13-7-9-3-2-4-10-11(9)17-6-5-16-10/h2-4H,5-7H2,1H3,(H,13,14,15). The lowest BCUT2D eigenvalue weighted by Crippen LogP contribution is -2.17. The normalized spacial score (nSPS) is 13.4. The molecule has 0 atom stereocenters. The Morgan fingerprint density at radius 3 is 3.06 bits per heavy atom. The van der Waals surface area contributed by atoms with Gasteiger partial charge in [0.05, 0.1) is 0 Å². The van der Waals surface area contributed by atoms with E-state index >= 15 is 0 Å². The number of anilines is 1. The number of nitrogens with one attached hydrogen (secondary N) is 1. The van der Waals surface area contributed by atoms with E-state index in [-0.39, 0.29) is 0 Å². The second-order valence-corrected chi connectivity index (χ2v) is 4.69. The molecule has 0 amide bonds. The van der Waals surface area contributed by atoms with Crippen LogP contribution in [0.5, 0.6) is 11.5 Å². The van der Waals surface area contributed by atoms with Crippen LogP contribution in [-0.2, 0) is 6.54 Å². The summed E-state index contributed by atoms with van der Waals surface area (Å²) in [5.41, 5.74) is 1.07. The minimum Gasteiger partial charge on any atom is -0.486 e. The monoisotopic (exact) mass is 263 g/mol. The van der Waals surface area contributed by atoms with Crippen LogP contribution < -0.4 is 14.8 Å². The molecule has 1 aromatic heterocycles. The Hall–Kier alpha value is -1.82. The van der Waals surface area contributed by atoms with Gasteiger partial charge in [-0.05, 0) is 13.0 Å². The fourth-order valence-corrected chi connectivity index (χ4v) is 2.38. The van der Waals surface area contributed by atoms with Crippen LogP contribution in [0.3, 0.4) is 0 Å². The van der Waals surface area contributed by atoms with E-state index in [1.807, 2.05) is 25.1 Å². The number of benzene rings is 1. The zero-order chi connectivity index (χ0) is 12.4. The minimum absolute atomic E-state index is 0.599. The van der Waals surface area contributed by atoms with E-state index in [0.717, 1.165) is 28.0 Å². The molecule has 0 spiro atoms. The Bertz CT molecular complexity index is 556. The Balaban J connectivity index is 1.76. The Morgan fingerprint density at radius 2 is 2.22 bits per heavy atom. The van der Waals surface area contributed by atoms with Gasteiger partial charge in [0.15, 0.2) is 11.5 Å². The lowest BCUT2D eigenvalue weighted by molar-refractivity contribution is 0.170. The van der Waals surface area contributed by atoms with Crippen molar-refractivity contribution in [3.63, 3.8) is 0 Å². The van der Waals surface area contributed by atoms with Crippen LogP contribution in [0, 0.1) is 6.92 Å². The zero-order valence-corrected chi connectivity index (χ0v) is 10.8. The number of para-hydroxylation sites is 1. The summed E-state index contributed by atoms with van der Waals surface area (Å²) in [6.07, 6.45) is 0. The lowest BCUT2D eigenvalue weighted by atomic mass is 10.2. The summed E-state index contributed by atoms with van der Waals surface area (Å²) in [5.74, 6) is 2.43. The predicted molar refractivity (Wildman–Crippen MR) is 69.4 cm³/mol. The molecule has 0 saturated heterocycles. The Labute approximate surface area is 109 Å². The van der Waals surface area contributed by atoms with Crippen LogP contribution in [0.2, 0.25) is 0 Å². The van der Waals surface area contributed by atoms with Gasteiger partial charge >= 0.3 is 0 Å². The second-order valence-electron chi connectivity index (χ2n) is 3.94. The first-order valence-corrected chi connectivity index (χ1v) is 6.52. The van der Waals surface area contributed by atoms with E-state index < -0.39 is 0 Å². The van der Waals surface area contributed by atoms with E-state index in [1.165, 1.54) is 11.5 Å². The third-order valence-corrected chi connectivity index (χ3v) is 3.37. The van der Waals surface area contributed by atoms with Gasteiger partial charge in [-0.1, -0.05) is 12.1 Å². The SMILES string of the molecule is Cc1nsc(NCc2cccc3c2OCCO3)n1. The smallest absolute Gasteiger partial charge is 0.202 e. The van der Waals surface area contributed by atoms with Gasteiger partial charge in [0.2, 0.25) is 5.13 Å². The van der Waals surface area contributed by atoms with Crippen molar-refractivity contribution in [2.24, 2.45) is 0 Å². The maximum absolute atomic E-state index is 5.65.